The summed E-state index contributed by atoms with van der Waals surface area (Å²) in [7, 11) is 1.79. The van der Waals surface area contributed by atoms with Gasteiger partial charge in [0.2, 0.25) is 0 Å². The van der Waals surface area contributed by atoms with Gasteiger partial charge in [-0.3, -0.25) is 4.99 Å². The van der Waals surface area contributed by atoms with Gasteiger partial charge < -0.3 is 20.3 Å². The van der Waals surface area contributed by atoms with Crippen LogP contribution in [0.2, 0.25) is 0 Å². The first-order valence-corrected chi connectivity index (χ1v) is 10.1. The predicted molar refractivity (Wildman–Crippen MR) is 122 cm³/mol. The number of rotatable bonds is 6. The predicted octanol–water partition coefficient (Wildman–Crippen LogP) is 4.11. The number of aliphatic imine (C=N–C) groups is 1. The molecule has 0 aliphatic carbocycles. The molecule has 0 atom stereocenters. The van der Waals surface area contributed by atoms with Gasteiger partial charge in [0.15, 0.2) is 5.96 Å². The minimum Gasteiger partial charge on any atom is -0.488 e. The molecule has 0 fully saturated rings. The number of anilines is 1. The highest BCUT2D eigenvalue weighted by atomic mass is 16.5. The van der Waals surface area contributed by atoms with Crippen LogP contribution in [0.15, 0.2) is 65.7 Å². The molecule has 2 N–H and O–H groups in total. The van der Waals surface area contributed by atoms with Gasteiger partial charge in [-0.05, 0) is 44.5 Å². The van der Waals surface area contributed by atoms with Crippen LogP contribution in [0.4, 0.5) is 5.69 Å². The van der Waals surface area contributed by atoms with Crippen LogP contribution in [-0.4, -0.2) is 31.7 Å². The van der Waals surface area contributed by atoms with Crippen molar-refractivity contribution in [1.82, 2.24) is 10.6 Å². The molecule has 0 radical (unpaired) electrons. The summed E-state index contributed by atoms with van der Waals surface area (Å²) in [6.07, 6.45) is 4.41. The average molecular weight is 393 g/mol. The Hall–Kier alpha value is -2.95. The van der Waals surface area contributed by atoms with E-state index < -0.39 is 0 Å². The number of hydrogen-bond acceptors (Lipinski definition) is 3. The summed E-state index contributed by atoms with van der Waals surface area (Å²) in [6.45, 7) is 9.53. The molecule has 1 heterocycles. The Morgan fingerprint density at radius 3 is 2.28 bits per heavy atom. The first-order valence-electron chi connectivity index (χ1n) is 10.1. The second-order valence-electron chi connectivity index (χ2n) is 8.14. The van der Waals surface area contributed by atoms with E-state index in [0.717, 1.165) is 36.9 Å². The summed E-state index contributed by atoms with van der Waals surface area (Å²) >= 11 is 0. The zero-order chi connectivity index (χ0) is 20.7. The molecule has 0 spiro atoms. The Morgan fingerprint density at radius 2 is 1.62 bits per heavy atom. The van der Waals surface area contributed by atoms with Gasteiger partial charge in [-0.2, -0.15) is 0 Å². The molecule has 0 amide bonds. The van der Waals surface area contributed by atoms with Crippen molar-refractivity contribution in [1.29, 1.82) is 0 Å². The molecule has 1 aliphatic rings. The smallest absolute Gasteiger partial charge is 0.191 e. The molecule has 0 saturated heterocycles. The molecule has 29 heavy (non-hydrogen) atoms. The maximum Gasteiger partial charge on any atom is 0.191 e. The standard InChI is InChI=1S/C24H32N4O/c1-24(2,3)29-22-10-6-5-9-20(22)18-27-23(25-4)26-17-19-11-13-21(14-12-19)28-15-7-8-16-28/h5-14H,15-18H2,1-4H3,(H2,25,26,27). The lowest BCUT2D eigenvalue weighted by Crippen LogP contribution is -2.36. The van der Waals surface area contributed by atoms with Crippen LogP contribution in [0.1, 0.15) is 31.9 Å². The van der Waals surface area contributed by atoms with Crippen LogP contribution in [0, 0.1) is 0 Å². The van der Waals surface area contributed by atoms with Crippen LogP contribution >= 0.6 is 0 Å². The second kappa shape index (κ2) is 9.50. The third-order valence-electron chi connectivity index (χ3n) is 4.64. The van der Waals surface area contributed by atoms with E-state index >= 15 is 0 Å². The Bertz CT molecular complexity index is 842. The summed E-state index contributed by atoms with van der Waals surface area (Å²) < 4.78 is 6.07. The maximum atomic E-state index is 6.07. The van der Waals surface area contributed by atoms with Crippen molar-refractivity contribution < 1.29 is 4.74 Å². The summed E-state index contributed by atoms with van der Waals surface area (Å²) in [5, 5.41) is 6.77. The second-order valence-corrected chi connectivity index (χ2v) is 8.14. The van der Waals surface area contributed by atoms with Crippen molar-refractivity contribution in [2.45, 2.75) is 39.5 Å². The average Bonchev–Trinajstić information content (AvgIpc) is 3.23. The molecule has 3 rings (SSSR count). The van der Waals surface area contributed by atoms with Crippen molar-refractivity contribution in [2.75, 3.05) is 25.0 Å². The van der Waals surface area contributed by atoms with E-state index in [1.165, 1.54) is 11.3 Å². The van der Waals surface area contributed by atoms with Crippen LogP contribution in [0.5, 0.6) is 5.75 Å². The zero-order valence-electron chi connectivity index (χ0n) is 17.9. The normalized spacial score (nSPS) is 14.2. The lowest BCUT2D eigenvalue weighted by atomic mass is 10.1. The number of nitrogens with one attached hydrogen (secondary N) is 2. The highest BCUT2D eigenvalue weighted by Gasteiger charge is 2.14. The molecule has 5 heteroatoms. The fourth-order valence-corrected chi connectivity index (χ4v) is 3.18. The molecular formula is C24H32N4O. The van der Waals surface area contributed by atoms with Gasteiger partial charge in [-0.1, -0.05) is 42.5 Å². The zero-order valence-corrected chi connectivity index (χ0v) is 17.9. The van der Waals surface area contributed by atoms with E-state index in [1.807, 2.05) is 18.2 Å². The molecule has 154 valence electrons. The Labute approximate surface area is 174 Å². The van der Waals surface area contributed by atoms with Gasteiger partial charge in [-0.15, -0.1) is 0 Å². The van der Waals surface area contributed by atoms with Gasteiger partial charge >= 0.3 is 0 Å². The topological polar surface area (TPSA) is 48.9 Å². The third kappa shape index (κ3) is 6.28. The van der Waals surface area contributed by atoms with Crippen LogP contribution < -0.4 is 20.3 Å². The molecule has 0 saturated carbocycles. The third-order valence-corrected chi connectivity index (χ3v) is 4.64. The first-order chi connectivity index (χ1) is 13.9. The lowest BCUT2D eigenvalue weighted by Gasteiger charge is -2.23. The SMILES string of the molecule is CN=C(NCc1ccc(N2CC=CC2)cc1)NCc1ccccc1OC(C)(C)C. The molecule has 0 unspecified atom stereocenters. The molecular weight excluding hydrogens is 360 g/mol. The number of nitrogens with zero attached hydrogens (tertiary/aromatic N) is 2. The van der Waals surface area contributed by atoms with Crippen LogP contribution in [-0.2, 0) is 13.1 Å². The number of ether oxygens (including phenoxy) is 1. The number of benzene rings is 2. The lowest BCUT2D eigenvalue weighted by molar-refractivity contribution is 0.129. The number of guanidine groups is 1. The fourth-order valence-electron chi connectivity index (χ4n) is 3.18. The van der Waals surface area contributed by atoms with Crippen molar-refractivity contribution in [3.63, 3.8) is 0 Å². The van der Waals surface area contributed by atoms with Gasteiger partial charge in [0, 0.05) is 44.5 Å². The first kappa shape index (κ1) is 20.8. The summed E-state index contributed by atoms with van der Waals surface area (Å²) in [6, 6.07) is 16.8. The largest absolute Gasteiger partial charge is 0.488 e. The van der Waals surface area contributed by atoms with Gasteiger partial charge in [0.25, 0.3) is 0 Å². The number of hydrogen-bond donors (Lipinski definition) is 2. The van der Waals surface area contributed by atoms with Crippen molar-refractivity contribution >= 4 is 11.6 Å². The van der Waals surface area contributed by atoms with Gasteiger partial charge in [-0.25, -0.2) is 0 Å². The van der Waals surface area contributed by atoms with E-state index in [-0.39, 0.29) is 5.60 Å². The molecule has 2 aromatic carbocycles. The van der Waals surface area contributed by atoms with Crippen molar-refractivity contribution in [3.05, 3.63) is 71.8 Å². The number of para-hydroxylation sites is 1. The molecule has 5 nitrogen and oxygen atoms in total. The van der Waals surface area contributed by atoms with Crippen molar-refractivity contribution in [3.8, 4) is 5.75 Å². The van der Waals surface area contributed by atoms with E-state index in [2.05, 4.69) is 83.8 Å². The minimum atomic E-state index is -0.229. The monoisotopic (exact) mass is 392 g/mol. The van der Waals surface area contributed by atoms with Crippen LogP contribution in [0.3, 0.4) is 0 Å². The molecule has 1 aliphatic heterocycles. The summed E-state index contributed by atoms with van der Waals surface area (Å²) in [5.74, 6) is 1.67. The van der Waals surface area contributed by atoms with E-state index in [0.29, 0.717) is 6.54 Å². The van der Waals surface area contributed by atoms with Gasteiger partial charge in [0.1, 0.15) is 11.4 Å². The fraction of sp³-hybridized carbons (Fsp3) is 0.375. The van der Waals surface area contributed by atoms with Crippen molar-refractivity contribution in [2.24, 2.45) is 4.99 Å². The molecule has 2 aromatic rings. The summed E-state index contributed by atoms with van der Waals surface area (Å²) in [4.78, 5) is 6.68. The van der Waals surface area contributed by atoms with Gasteiger partial charge in [0.05, 0.1) is 0 Å². The maximum absolute atomic E-state index is 6.07. The highest BCUT2D eigenvalue weighted by Crippen LogP contribution is 2.23. The molecule has 0 bridgehead atoms. The highest BCUT2D eigenvalue weighted by molar-refractivity contribution is 5.79. The van der Waals surface area contributed by atoms with E-state index in [1.54, 1.807) is 7.05 Å². The van der Waals surface area contributed by atoms with E-state index in [9.17, 15) is 0 Å². The Morgan fingerprint density at radius 1 is 0.966 bits per heavy atom. The Kier molecular flexibility index (Phi) is 6.81. The van der Waals surface area contributed by atoms with E-state index in [4.69, 9.17) is 4.74 Å². The summed E-state index contributed by atoms with van der Waals surface area (Å²) in [5.41, 5.74) is 3.36. The Balaban J connectivity index is 1.52. The minimum absolute atomic E-state index is 0.229. The van der Waals surface area contributed by atoms with Crippen LogP contribution in [0.25, 0.3) is 0 Å². The molecule has 0 aromatic heterocycles. The quantitative estimate of drug-likeness (QED) is 0.441.